The molecule has 2 aromatic heterocycles. The van der Waals surface area contributed by atoms with Gasteiger partial charge in [-0.2, -0.15) is 4.52 Å². The van der Waals surface area contributed by atoms with Crippen LogP contribution in [0.1, 0.15) is 25.7 Å². The molecule has 9 nitrogen and oxygen atoms in total. The van der Waals surface area contributed by atoms with Gasteiger partial charge in [0.1, 0.15) is 18.0 Å². The molecule has 0 saturated carbocycles. The van der Waals surface area contributed by atoms with E-state index in [1.807, 2.05) is 7.05 Å². The van der Waals surface area contributed by atoms with Gasteiger partial charge in [0.05, 0.1) is 6.54 Å². The summed E-state index contributed by atoms with van der Waals surface area (Å²) in [7, 11) is 2.01. The first-order valence-corrected chi connectivity index (χ1v) is 12.3. The van der Waals surface area contributed by atoms with E-state index in [2.05, 4.69) is 30.1 Å². The smallest absolute Gasteiger partial charge is 0.486 e. The molecule has 0 amide bonds. The van der Waals surface area contributed by atoms with E-state index < -0.39 is 6.36 Å². The number of rotatable bonds is 3. The quantitative estimate of drug-likeness (QED) is 0.582. The molecule has 12 heteroatoms. The minimum absolute atomic E-state index is 0.323. The van der Waals surface area contributed by atoms with Crippen molar-refractivity contribution < 1.29 is 22.6 Å². The number of halogens is 3. The Bertz CT molecular complexity index is 1260. The molecule has 2 fully saturated rings. The number of piperidine rings is 2. The Morgan fingerprint density at radius 1 is 1.11 bits per heavy atom. The van der Waals surface area contributed by atoms with E-state index in [4.69, 9.17) is 9.84 Å². The highest BCUT2D eigenvalue weighted by Crippen LogP contribution is 2.45. The van der Waals surface area contributed by atoms with Crippen molar-refractivity contribution in [2.75, 3.05) is 56.2 Å². The van der Waals surface area contributed by atoms with Crippen molar-refractivity contribution in [1.29, 1.82) is 0 Å². The second-order valence-electron chi connectivity index (χ2n) is 9.87. The van der Waals surface area contributed by atoms with Crippen molar-refractivity contribution in [1.82, 2.24) is 25.1 Å². The van der Waals surface area contributed by atoms with Crippen molar-refractivity contribution in [3.8, 4) is 22.9 Å². The summed E-state index contributed by atoms with van der Waals surface area (Å²) in [5.74, 6) is 1.37. The zero-order valence-corrected chi connectivity index (χ0v) is 20.0. The molecule has 0 bridgehead atoms. The van der Waals surface area contributed by atoms with Crippen LogP contribution in [-0.2, 0) is 0 Å². The minimum atomic E-state index is -4.78. The summed E-state index contributed by atoms with van der Waals surface area (Å²) in [5.41, 5.74) is 2.06. The lowest BCUT2D eigenvalue weighted by molar-refractivity contribution is -0.274. The first-order chi connectivity index (χ1) is 17.3. The van der Waals surface area contributed by atoms with E-state index >= 15 is 0 Å². The summed E-state index contributed by atoms with van der Waals surface area (Å²) in [4.78, 5) is 4.41. The lowest BCUT2D eigenvalue weighted by Crippen LogP contribution is -2.48. The van der Waals surface area contributed by atoms with Gasteiger partial charge >= 0.3 is 6.36 Å². The number of aromatic nitrogens is 4. The molecule has 1 spiro atoms. The Labute approximate surface area is 206 Å². The summed E-state index contributed by atoms with van der Waals surface area (Å²) in [6.07, 6.45) is -0.186. The molecule has 5 heterocycles. The molecule has 3 aromatic rings. The number of alkyl halides is 3. The van der Waals surface area contributed by atoms with Gasteiger partial charge in [-0.3, -0.25) is 0 Å². The molecule has 0 atom stereocenters. The third kappa shape index (κ3) is 4.16. The number of fused-ring (bicyclic) bond motifs is 3. The second-order valence-corrected chi connectivity index (χ2v) is 9.87. The topological polar surface area (TPSA) is 80.1 Å². The number of hydrogen-bond donors (Lipinski definition) is 1. The number of benzene rings is 1. The van der Waals surface area contributed by atoms with E-state index in [-0.39, 0.29) is 5.75 Å². The molecule has 3 aliphatic rings. The van der Waals surface area contributed by atoms with Gasteiger partial charge in [-0.1, -0.05) is 12.1 Å². The van der Waals surface area contributed by atoms with Crippen LogP contribution in [0.3, 0.4) is 0 Å². The number of nitrogens with one attached hydrogen (secondary N) is 1. The van der Waals surface area contributed by atoms with Gasteiger partial charge in [-0.05, 0) is 49.8 Å². The Kier molecular flexibility index (Phi) is 5.58. The van der Waals surface area contributed by atoms with Crippen LogP contribution in [0, 0.1) is 5.41 Å². The van der Waals surface area contributed by atoms with Gasteiger partial charge in [-0.25, -0.2) is 0 Å². The summed E-state index contributed by atoms with van der Waals surface area (Å²) < 4.78 is 50.1. The predicted octanol–water partition coefficient (Wildman–Crippen LogP) is 3.49. The van der Waals surface area contributed by atoms with Crippen molar-refractivity contribution >= 4 is 17.2 Å². The number of nitrogens with zero attached hydrogens (tertiary/aromatic N) is 6. The first kappa shape index (κ1) is 23.1. The molecule has 0 unspecified atom stereocenters. The fourth-order valence-corrected chi connectivity index (χ4v) is 5.61. The highest BCUT2D eigenvalue weighted by molar-refractivity contribution is 5.82. The molecule has 192 valence electrons. The van der Waals surface area contributed by atoms with Gasteiger partial charge in [0, 0.05) is 32.2 Å². The highest BCUT2D eigenvalue weighted by atomic mass is 19.4. The maximum Gasteiger partial charge on any atom is 0.573 e. The first-order valence-electron chi connectivity index (χ1n) is 12.3. The van der Waals surface area contributed by atoms with Gasteiger partial charge in [0.15, 0.2) is 17.4 Å². The Morgan fingerprint density at radius 3 is 2.69 bits per heavy atom. The van der Waals surface area contributed by atoms with Gasteiger partial charge in [0.25, 0.3) is 0 Å². The zero-order chi connectivity index (χ0) is 24.9. The van der Waals surface area contributed by atoms with E-state index in [1.165, 1.54) is 31.0 Å². The van der Waals surface area contributed by atoms with E-state index in [9.17, 15) is 13.2 Å². The number of hydrogen-bond acceptors (Lipinski definition) is 8. The third-order valence-corrected chi connectivity index (χ3v) is 7.53. The normalized spacial score (nSPS) is 19.9. The fraction of sp³-hybridized carbons (Fsp3) is 0.542. The second kappa shape index (κ2) is 8.68. The molecule has 3 aliphatic heterocycles. The molecule has 6 rings (SSSR count). The summed E-state index contributed by atoms with van der Waals surface area (Å²) in [6.45, 7) is 5.09. The number of anilines is 2. The molecule has 36 heavy (non-hydrogen) atoms. The summed E-state index contributed by atoms with van der Waals surface area (Å²) in [6, 6.07) is 5.69. The fourth-order valence-electron chi connectivity index (χ4n) is 5.61. The van der Waals surface area contributed by atoms with Crippen LogP contribution in [0.4, 0.5) is 24.7 Å². The van der Waals surface area contributed by atoms with E-state index in [1.54, 1.807) is 10.6 Å². The Morgan fingerprint density at radius 2 is 1.94 bits per heavy atom. The zero-order valence-electron chi connectivity index (χ0n) is 20.0. The maximum atomic E-state index is 12.8. The van der Waals surface area contributed by atoms with Crippen molar-refractivity contribution in [3.05, 3.63) is 24.3 Å². The van der Waals surface area contributed by atoms with E-state index in [0.29, 0.717) is 34.8 Å². The number of ether oxygens (including phenoxy) is 2. The lowest BCUT2D eigenvalue weighted by Gasteiger charge is -2.45. The largest absolute Gasteiger partial charge is 0.573 e. The molecule has 1 aromatic carbocycles. The summed E-state index contributed by atoms with van der Waals surface area (Å²) in [5, 5.41) is 17.1. The average Bonchev–Trinajstić information content (AvgIpc) is 3.28. The highest BCUT2D eigenvalue weighted by Gasteiger charge is 2.38. The molecular weight excluding hydrogens is 475 g/mol. The molecule has 2 saturated heterocycles. The van der Waals surface area contributed by atoms with Crippen LogP contribution in [0.25, 0.3) is 17.0 Å². The average molecular weight is 504 g/mol. The standard InChI is InChI=1S/C24H28F3N7O2/c1-32-12-13-35-19-18(32)21(33-10-7-23(8-11-33)6-3-9-28-15-23)31-34-20(29-30-22(19)34)16-4-2-5-17(14-16)36-24(25,26)27/h2,4-5,14,28H,3,6-13,15H2,1H3. The van der Waals surface area contributed by atoms with Crippen LogP contribution in [0.15, 0.2) is 24.3 Å². The third-order valence-electron chi connectivity index (χ3n) is 7.53. The lowest BCUT2D eigenvalue weighted by atomic mass is 9.73. The molecular formula is C24H28F3N7O2. The van der Waals surface area contributed by atoms with Crippen LogP contribution in [-0.4, -0.2) is 72.6 Å². The van der Waals surface area contributed by atoms with Gasteiger partial charge in [-0.15, -0.1) is 28.5 Å². The number of likely N-dealkylation sites (N-methyl/N-ethyl adjacent to an activating group) is 1. The van der Waals surface area contributed by atoms with Crippen LogP contribution >= 0.6 is 0 Å². The Hall–Kier alpha value is -3.28. The molecule has 0 aliphatic carbocycles. The van der Waals surface area contributed by atoms with Crippen molar-refractivity contribution in [2.24, 2.45) is 5.41 Å². The van der Waals surface area contributed by atoms with E-state index in [0.717, 1.165) is 57.1 Å². The minimum Gasteiger partial charge on any atom is -0.486 e. The van der Waals surface area contributed by atoms with Gasteiger partial charge < -0.3 is 24.6 Å². The van der Waals surface area contributed by atoms with Crippen LogP contribution in [0.5, 0.6) is 11.5 Å². The SMILES string of the molecule is CN1CCOc2c1c(N1CCC3(CCCNC3)CC1)nn1c(-c3cccc(OC(F)(F)F)c3)nnc21. The molecule has 1 N–H and O–H groups in total. The van der Waals surface area contributed by atoms with Crippen molar-refractivity contribution in [3.63, 3.8) is 0 Å². The monoisotopic (exact) mass is 503 g/mol. The van der Waals surface area contributed by atoms with Gasteiger partial charge in [0.2, 0.25) is 5.65 Å². The summed E-state index contributed by atoms with van der Waals surface area (Å²) >= 11 is 0. The van der Waals surface area contributed by atoms with Crippen molar-refractivity contribution in [2.45, 2.75) is 32.0 Å². The van der Waals surface area contributed by atoms with Crippen LogP contribution in [0.2, 0.25) is 0 Å². The molecule has 0 radical (unpaired) electrons. The predicted molar refractivity (Wildman–Crippen MR) is 128 cm³/mol. The Balaban J connectivity index is 1.41. The van der Waals surface area contributed by atoms with Crippen LogP contribution < -0.4 is 24.6 Å². The maximum absolute atomic E-state index is 12.8.